The summed E-state index contributed by atoms with van der Waals surface area (Å²) in [5.41, 5.74) is 6.14. The number of aromatic nitrogens is 4. The second-order valence-electron chi connectivity index (χ2n) is 15.4. The van der Waals surface area contributed by atoms with Gasteiger partial charge in [-0.05, 0) is 56.2 Å². The van der Waals surface area contributed by atoms with E-state index in [1.807, 2.05) is 48.5 Å². The number of hydrogen-bond donors (Lipinski definition) is 4. The lowest BCUT2D eigenvalue weighted by molar-refractivity contribution is -0.138. The number of H-pyrrole nitrogens is 2. The zero-order valence-electron chi connectivity index (χ0n) is 36.6. The minimum atomic E-state index is -0.949. The molecule has 6 rings (SSSR count). The highest BCUT2D eigenvalue weighted by atomic mass is 16.7. The summed E-state index contributed by atoms with van der Waals surface area (Å²) in [7, 11) is 8.65. The molecule has 4 amide bonds. The van der Waals surface area contributed by atoms with Crippen LogP contribution in [0.4, 0.5) is 9.59 Å². The Kier molecular flexibility index (Phi) is 15.4. The lowest BCUT2D eigenvalue weighted by Gasteiger charge is -2.30. The standard InChI is InChI=1S/C44H58N8O10/c1-25(57-3)36(49-43(55)61-7)41(53)51-21-9-11-33(51)39-45-24-32(47-39)29-17-13-27(14-18-29)28-15-19-30(20-16-28)38-31(23-35(59-5)60-6)46-40(48-38)34-12-10-22-52(34)42(54)37(26(2)58-4)50-44(56)62-8/h13-20,24-26,33-37H,9-12,21-23H2,1-8H3,(H,45,47)(H,46,48)(H,49,55)(H,50,56)/t25-,26-,33+,34+,36+,37+/m1/s1. The number of benzene rings is 2. The molecule has 2 aliphatic heterocycles. The Balaban J connectivity index is 1.19. The van der Waals surface area contributed by atoms with Crippen molar-refractivity contribution in [2.75, 3.05) is 55.7 Å². The second kappa shape index (κ2) is 20.8. The molecule has 0 bridgehead atoms. The molecule has 2 saturated heterocycles. The fourth-order valence-corrected chi connectivity index (χ4v) is 8.11. The van der Waals surface area contributed by atoms with Crippen molar-refractivity contribution in [2.45, 2.75) is 88.6 Å². The van der Waals surface area contributed by atoms with Crippen LogP contribution in [0, 0.1) is 0 Å². The quantitative estimate of drug-likeness (QED) is 0.102. The highest BCUT2D eigenvalue weighted by Crippen LogP contribution is 2.36. The number of carbonyl (C=O) groups is 4. The van der Waals surface area contributed by atoms with Gasteiger partial charge >= 0.3 is 12.2 Å². The molecule has 0 spiro atoms. The van der Waals surface area contributed by atoms with Gasteiger partial charge in [0.2, 0.25) is 11.8 Å². The molecule has 0 radical (unpaired) electrons. The van der Waals surface area contributed by atoms with Crippen molar-refractivity contribution < 1.29 is 47.6 Å². The molecule has 4 heterocycles. The Labute approximate surface area is 361 Å². The summed E-state index contributed by atoms with van der Waals surface area (Å²) >= 11 is 0. The van der Waals surface area contributed by atoms with Gasteiger partial charge in [0.25, 0.3) is 0 Å². The number of aromatic amines is 2. The number of hydrogen-bond acceptors (Lipinski definition) is 12. The number of rotatable bonds is 17. The van der Waals surface area contributed by atoms with Crippen LogP contribution in [0.1, 0.15) is 69.0 Å². The van der Waals surface area contributed by atoms with Crippen molar-refractivity contribution in [3.8, 4) is 33.6 Å². The third-order valence-electron chi connectivity index (χ3n) is 11.8. The lowest BCUT2D eigenvalue weighted by Crippen LogP contribution is -2.54. The van der Waals surface area contributed by atoms with Crippen LogP contribution in [-0.4, -0.2) is 140 Å². The number of amides is 4. The number of carbonyl (C=O) groups excluding carboxylic acids is 4. The zero-order valence-corrected chi connectivity index (χ0v) is 36.6. The van der Waals surface area contributed by atoms with Gasteiger partial charge in [-0.1, -0.05) is 48.5 Å². The van der Waals surface area contributed by atoms with E-state index in [0.717, 1.165) is 58.6 Å². The highest BCUT2D eigenvalue weighted by Gasteiger charge is 2.40. The molecule has 4 N–H and O–H groups in total. The first-order valence-corrected chi connectivity index (χ1v) is 20.7. The van der Waals surface area contributed by atoms with E-state index in [4.69, 9.17) is 33.4 Å². The molecule has 0 unspecified atom stereocenters. The smallest absolute Gasteiger partial charge is 0.407 e. The molecule has 18 heteroatoms. The molecule has 62 heavy (non-hydrogen) atoms. The Morgan fingerprint density at radius 1 is 0.661 bits per heavy atom. The summed E-state index contributed by atoms with van der Waals surface area (Å²) in [6.45, 7) is 4.47. The molecule has 2 fully saturated rings. The second-order valence-corrected chi connectivity index (χ2v) is 15.4. The summed E-state index contributed by atoms with van der Waals surface area (Å²) in [4.78, 5) is 72.0. The van der Waals surface area contributed by atoms with Crippen LogP contribution in [0.15, 0.2) is 54.7 Å². The molecular formula is C44H58N8O10. The van der Waals surface area contributed by atoms with E-state index in [0.29, 0.717) is 37.6 Å². The van der Waals surface area contributed by atoms with E-state index in [1.54, 1.807) is 44.1 Å². The number of alkyl carbamates (subject to hydrolysis) is 2. The van der Waals surface area contributed by atoms with E-state index in [-0.39, 0.29) is 23.9 Å². The fourth-order valence-electron chi connectivity index (χ4n) is 8.11. The van der Waals surface area contributed by atoms with E-state index >= 15 is 0 Å². The molecule has 6 atom stereocenters. The Hall–Kier alpha value is -5.82. The summed E-state index contributed by atoms with van der Waals surface area (Å²) in [5, 5.41) is 5.26. The Morgan fingerprint density at radius 3 is 1.60 bits per heavy atom. The average molecular weight is 859 g/mol. The SMILES string of the molecule is COC(=O)N[C@H](C(=O)N1CCC[C@H]1c1ncc(-c2ccc(-c3ccc(-c4nc([C@@H]5CCCN5C(=O)[C@@H](NC(=O)OC)[C@@H](C)OC)[nH]c4CC(OC)OC)cc3)cc2)[nH]1)[C@@H](C)OC. The largest absolute Gasteiger partial charge is 0.453 e. The lowest BCUT2D eigenvalue weighted by atomic mass is 10.0. The van der Waals surface area contributed by atoms with Crippen molar-refractivity contribution in [1.29, 1.82) is 0 Å². The van der Waals surface area contributed by atoms with Gasteiger partial charge in [0, 0.05) is 59.2 Å². The molecule has 0 saturated carbocycles. The van der Waals surface area contributed by atoms with Gasteiger partial charge < -0.3 is 58.8 Å². The zero-order chi connectivity index (χ0) is 44.5. The number of imidazole rings is 2. The van der Waals surface area contributed by atoms with Gasteiger partial charge in [0.1, 0.15) is 23.7 Å². The number of methoxy groups -OCH3 is 6. The van der Waals surface area contributed by atoms with E-state index in [2.05, 4.69) is 25.6 Å². The van der Waals surface area contributed by atoms with Crippen LogP contribution in [-0.2, 0) is 44.4 Å². The topological polar surface area (TPSA) is 212 Å². The van der Waals surface area contributed by atoms with Crippen LogP contribution in [0.25, 0.3) is 33.6 Å². The average Bonchev–Trinajstić information content (AvgIpc) is 4.15. The summed E-state index contributed by atoms with van der Waals surface area (Å²) in [6.07, 6.45) is 2.00. The molecule has 2 aromatic heterocycles. The van der Waals surface area contributed by atoms with Gasteiger partial charge in [-0.2, -0.15) is 0 Å². The maximum absolute atomic E-state index is 13.9. The number of nitrogens with zero attached hydrogens (tertiary/aromatic N) is 4. The normalized spacial score (nSPS) is 18.3. The van der Waals surface area contributed by atoms with Gasteiger partial charge in [0.15, 0.2) is 6.29 Å². The minimum Gasteiger partial charge on any atom is -0.453 e. The summed E-state index contributed by atoms with van der Waals surface area (Å²) in [6, 6.07) is 13.8. The van der Waals surface area contributed by atoms with Crippen molar-refractivity contribution in [2.24, 2.45) is 0 Å². The van der Waals surface area contributed by atoms with Gasteiger partial charge in [-0.3, -0.25) is 9.59 Å². The monoisotopic (exact) mass is 858 g/mol. The van der Waals surface area contributed by atoms with Crippen LogP contribution in [0.3, 0.4) is 0 Å². The van der Waals surface area contributed by atoms with E-state index < -0.39 is 42.8 Å². The van der Waals surface area contributed by atoms with Crippen molar-refractivity contribution in [1.82, 2.24) is 40.4 Å². The van der Waals surface area contributed by atoms with Crippen LogP contribution >= 0.6 is 0 Å². The first-order chi connectivity index (χ1) is 29.9. The molecule has 2 aromatic carbocycles. The molecule has 334 valence electrons. The Bertz CT molecular complexity index is 2140. The van der Waals surface area contributed by atoms with Crippen LogP contribution < -0.4 is 10.6 Å². The number of likely N-dealkylation sites (tertiary alicyclic amines) is 2. The summed E-state index contributed by atoms with van der Waals surface area (Å²) < 4.78 is 31.5. The number of ether oxygens (including phenoxy) is 6. The predicted molar refractivity (Wildman–Crippen MR) is 228 cm³/mol. The third-order valence-corrected chi connectivity index (χ3v) is 11.8. The van der Waals surface area contributed by atoms with Crippen molar-refractivity contribution in [3.63, 3.8) is 0 Å². The van der Waals surface area contributed by atoms with Crippen molar-refractivity contribution in [3.05, 3.63) is 72.1 Å². The van der Waals surface area contributed by atoms with Gasteiger partial charge in [0.05, 0.1) is 56.1 Å². The first-order valence-electron chi connectivity index (χ1n) is 20.7. The molecule has 18 nitrogen and oxygen atoms in total. The minimum absolute atomic E-state index is 0.261. The Morgan fingerprint density at radius 2 is 1.13 bits per heavy atom. The van der Waals surface area contributed by atoms with Gasteiger partial charge in [-0.15, -0.1) is 0 Å². The fraction of sp³-hybridized carbons (Fsp3) is 0.500. The third kappa shape index (κ3) is 10.1. The van der Waals surface area contributed by atoms with E-state index in [9.17, 15) is 19.2 Å². The molecule has 2 aliphatic rings. The van der Waals surface area contributed by atoms with Crippen LogP contribution in [0.5, 0.6) is 0 Å². The first kappa shape index (κ1) is 45.7. The maximum atomic E-state index is 13.9. The molecular weight excluding hydrogens is 801 g/mol. The van der Waals surface area contributed by atoms with E-state index in [1.165, 1.54) is 28.4 Å². The molecule has 4 aromatic rings. The highest BCUT2D eigenvalue weighted by molar-refractivity contribution is 5.87. The summed E-state index contributed by atoms with van der Waals surface area (Å²) in [5.74, 6) is 0.751. The maximum Gasteiger partial charge on any atom is 0.407 e. The number of nitrogens with one attached hydrogen (secondary N) is 4. The molecule has 0 aliphatic carbocycles. The van der Waals surface area contributed by atoms with Crippen LogP contribution in [0.2, 0.25) is 0 Å². The predicted octanol–water partition coefficient (Wildman–Crippen LogP) is 5.14. The van der Waals surface area contributed by atoms with Gasteiger partial charge in [-0.25, -0.2) is 19.6 Å². The van der Waals surface area contributed by atoms with Crippen molar-refractivity contribution >= 4 is 24.0 Å².